The van der Waals surface area contributed by atoms with Gasteiger partial charge in [0.25, 0.3) is 5.91 Å². The van der Waals surface area contributed by atoms with Crippen molar-refractivity contribution in [1.82, 2.24) is 15.1 Å². The molecule has 26 heavy (non-hydrogen) atoms. The number of amides is 3. The van der Waals surface area contributed by atoms with E-state index in [4.69, 9.17) is 4.74 Å². The number of benzene rings is 1. The third-order valence-corrected chi connectivity index (χ3v) is 5.62. The summed E-state index contributed by atoms with van der Waals surface area (Å²) >= 11 is 0. The number of carbonyl (C=O) groups excluding carboxylic acids is 2. The fourth-order valence-corrected chi connectivity index (χ4v) is 4.33. The largest absolute Gasteiger partial charge is 0.390 e. The van der Waals surface area contributed by atoms with Crippen LogP contribution in [0.3, 0.4) is 0 Å². The highest BCUT2D eigenvalue weighted by atomic mass is 16.5. The van der Waals surface area contributed by atoms with Crippen molar-refractivity contribution in [1.29, 1.82) is 0 Å². The van der Waals surface area contributed by atoms with Gasteiger partial charge < -0.3 is 15.2 Å². The third-order valence-electron chi connectivity index (χ3n) is 5.62. The number of aliphatic hydroxyl groups is 1. The van der Waals surface area contributed by atoms with Crippen LogP contribution in [0.2, 0.25) is 0 Å². The van der Waals surface area contributed by atoms with Crippen molar-refractivity contribution in [2.24, 2.45) is 0 Å². The zero-order chi connectivity index (χ0) is 18.1. The Balaban J connectivity index is 1.49. The summed E-state index contributed by atoms with van der Waals surface area (Å²) in [6.07, 6.45) is 1.61. The molecule has 2 N–H and O–H groups in total. The van der Waals surface area contributed by atoms with Crippen molar-refractivity contribution < 1.29 is 19.4 Å². The summed E-state index contributed by atoms with van der Waals surface area (Å²) in [5, 5.41) is 13.4. The number of hydrogen-bond acceptors (Lipinski definition) is 5. The predicted molar refractivity (Wildman–Crippen MR) is 94.6 cm³/mol. The minimum Gasteiger partial charge on any atom is -0.390 e. The zero-order valence-corrected chi connectivity index (χ0v) is 14.8. The summed E-state index contributed by atoms with van der Waals surface area (Å²) in [6.45, 7) is 3.27. The first kappa shape index (κ1) is 17.5. The Morgan fingerprint density at radius 1 is 1.19 bits per heavy atom. The first-order valence-corrected chi connectivity index (χ1v) is 9.31. The summed E-state index contributed by atoms with van der Waals surface area (Å²) in [5.41, 5.74) is 1.04. The van der Waals surface area contributed by atoms with Gasteiger partial charge in [-0.25, -0.2) is 4.79 Å². The number of fused-ring (bicyclic) bond motifs is 2. The Kier molecular flexibility index (Phi) is 4.69. The minimum atomic E-state index is -0.968. The van der Waals surface area contributed by atoms with Crippen LogP contribution in [-0.2, 0) is 21.5 Å². The number of hydrogen-bond donors (Lipinski definition) is 2. The zero-order valence-electron chi connectivity index (χ0n) is 14.8. The van der Waals surface area contributed by atoms with E-state index in [-0.39, 0.29) is 12.5 Å². The molecule has 2 atom stereocenters. The number of β-amino-alcohol motifs (C(OH)–C–C–N with tert-alkyl or cyclic N) is 1. The number of aryl methyl sites for hydroxylation is 1. The van der Waals surface area contributed by atoms with Crippen molar-refractivity contribution in [3.63, 3.8) is 0 Å². The highest BCUT2D eigenvalue weighted by Crippen LogP contribution is 2.39. The molecule has 1 aromatic rings. The third kappa shape index (κ3) is 3.00. The van der Waals surface area contributed by atoms with Crippen LogP contribution in [0.5, 0.6) is 0 Å². The van der Waals surface area contributed by atoms with Crippen LogP contribution in [0.25, 0.3) is 0 Å². The lowest BCUT2D eigenvalue weighted by Crippen LogP contribution is -2.48. The van der Waals surface area contributed by atoms with Crippen molar-refractivity contribution in [3.05, 3.63) is 35.4 Å². The number of carbonyl (C=O) groups is 2. The summed E-state index contributed by atoms with van der Waals surface area (Å²) < 4.78 is 5.31. The Bertz CT molecular complexity index is 704. The number of nitrogens with zero attached hydrogens (tertiary/aromatic N) is 2. The Labute approximate surface area is 152 Å². The molecule has 140 valence electrons. The monoisotopic (exact) mass is 359 g/mol. The summed E-state index contributed by atoms with van der Waals surface area (Å²) in [6, 6.07) is 7.41. The van der Waals surface area contributed by atoms with Crippen molar-refractivity contribution >= 4 is 11.9 Å². The molecule has 0 bridgehead atoms. The molecule has 3 amide bonds. The maximum Gasteiger partial charge on any atom is 0.325 e. The first-order chi connectivity index (χ1) is 12.6. The minimum absolute atomic E-state index is 0.0198. The molecule has 0 unspecified atom stereocenters. The van der Waals surface area contributed by atoms with Gasteiger partial charge >= 0.3 is 6.03 Å². The summed E-state index contributed by atoms with van der Waals surface area (Å²) in [7, 11) is 0. The average molecular weight is 359 g/mol. The molecule has 1 aromatic carbocycles. The van der Waals surface area contributed by atoms with Crippen LogP contribution in [0.15, 0.2) is 24.3 Å². The van der Waals surface area contributed by atoms with E-state index in [1.165, 1.54) is 4.90 Å². The van der Waals surface area contributed by atoms with Gasteiger partial charge in [0, 0.05) is 19.6 Å². The fraction of sp³-hybridized carbons (Fsp3) is 0.579. The second-order valence-corrected chi connectivity index (χ2v) is 7.33. The van der Waals surface area contributed by atoms with Crippen LogP contribution in [0.4, 0.5) is 4.79 Å². The first-order valence-electron chi connectivity index (χ1n) is 9.31. The lowest BCUT2D eigenvalue weighted by Gasteiger charge is -2.33. The normalized spacial score (nSPS) is 27.5. The van der Waals surface area contributed by atoms with E-state index in [2.05, 4.69) is 10.2 Å². The van der Waals surface area contributed by atoms with Gasteiger partial charge in [-0.05, 0) is 30.4 Å². The fourth-order valence-electron chi connectivity index (χ4n) is 4.33. The van der Waals surface area contributed by atoms with Crippen LogP contribution in [0.1, 0.15) is 24.0 Å². The smallest absolute Gasteiger partial charge is 0.325 e. The Hall–Kier alpha value is -1.96. The number of morpholine rings is 1. The van der Waals surface area contributed by atoms with Crippen molar-refractivity contribution in [2.75, 3.05) is 39.4 Å². The van der Waals surface area contributed by atoms with E-state index in [0.29, 0.717) is 26.2 Å². The average Bonchev–Trinajstić information content (AvgIpc) is 2.88. The standard InChI is InChI=1S/C19H25N3O4/c23-15(12-21-8-10-26-11-9-21)13-22-17(24)19(20-18(22)25)7-3-5-14-4-1-2-6-16(14)19/h1-2,4,6,15,23H,3,5,7-13H2,(H,20,25)/t15-,19-/m0/s1. The molecular formula is C19H25N3O4. The van der Waals surface area contributed by atoms with Crippen LogP contribution >= 0.6 is 0 Å². The van der Waals surface area contributed by atoms with Crippen LogP contribution in [0, 0.1) is 0 Å². The molecule has 2 heterocycles. The van der Waals surface area contributed by atoms with E-state index in [1.54, 1.807) is 0 Å². The molecule has 1 aliphatic carbocycles. The summed E-state index contributed by atoms with van der Waals surface area (Å²) in [5.74, 6) is -0.240. The molecule has 7 heteroatoms. The van der Waals surface area contributed by atoms with E-state index >= 15 is 0 Å². The molecule has 7 nitrogen and oxygen atoms in total. The number of rotatable bonds is 4. The summed E-state index contributed by atoms with van der Waals surface area (Å²) in [4.78, 5) is 29.0. The van der Waals surface area contributed by atoms with E-state index in [9.17, 15) is 14.7 Å². The molecule has 2 fully saturated rings. The maximum atomic E-state index is 13.2. The molecule has 2 saturated heterocycles. The molecular weight excluding hydrogens is 334 g/mol. The Morgan fingerprint density at radius 3 is 2.77 bits per heavy atom. The van der Waals surface area contributed by atoms with Gasteiger partial charge in [0.1, 0.15) is 5.54 Å². The SMILES string of the molecule is O=C1N[C@]2(CCCc3ccccc32)C(=O)N1C[C@@H](O)CN1CCOCC1. The van der Waals surface area contributed by atoms with Crippen LogP contribution in [-0.4, -0.2) is 72.3 Å². The van der Waals surface area contributed by atoms with Gasteiger partial charge in [0.2, 0.25) is 0 Å². The van der Waals surface area contributed by atoms with Crippen molar-refractivity contribution in [2.45, 2.75) is 30.9 Å². The lowest BCUT2D eigenvalue weighted by atomic mass is 9.76. The number of ether oxygens (including phenoxy) is 1. The van der Waals surface area contributed by atoms with Gasteiger partial charge in [-0.3, -0.25) is 14.6 Å². The molecule has 1 spiro atoms. The molecule has 4 rings (SSSR count). The van der Waals surface area contributed by atoms with E-state index in [0.717, 1.165) is 37.1 Å². The van der Waals surface area contributed by atoms with E-state index in [1.807, 2.05) is 24.3 Å². The molecule has 0 saturated carbocycles. The van der Waals surface area contributed by atoms with Gasteiger partial charge in [0.05, 0.1) is 25.9 Å². The highest BCUT2D eigenvalue weighted by Gasteiger charge is 2.54. The quantitative estimate of drug-likeness (QED) is 0.764. The predicted octanol–water partition coefficient (Wildman–Crippen LogP) is 0.463. The van der Waals surface area contributed by atoms with Crippen molar-refractivity contribution in [3.8, 4) is 0 Å². The second-order valence-electron chi connectivity index (χ2n) is 7.33. The number of urea groups is 1. The van der Waals surface area contributed by atoms with Gasteiger partial charge in [-0.15, -0.1) is 0 Å². The van der Waals surface area contributed by atoms with Gasteiger partial charge in [0.15, 0.2) is 0 Å². The number of imide groups is 1. The topological polar surface area (TPSA) is 82.1 Å². The van der Waals surface area contributed by atoms with Crippen LogP contribution < -0.4 is 5.32 Å². The highest BCUT2D eigenvalue weighted by molar-refractivity contribution is 6.07. The Morgan fingerprint density at radius 2 is 1.96 bits per heavy atom. The molecule has 0 radical (unpaired) electrons. The molecule has 3 aliphatic rings. The molecule has 2 aliphatic heterocycles. The second kappa shape index (κ2) is 6.98. The lowest BCUT2D eigenvalue weighted by molar-refractivity contribution is -0.133. The van der Waals surface area contributed by atoms with E-state index < -0.39 is 17.7 Å². The molecule has 0 aromatic heterocycles. The maximum absolute atomic E-state index is 13.2. The number of nitrogens with one attached hydrogen (secondary N) is 1. The van der Waals surface area contributed by atoms with Gasteiger partial charge in [-0.2, -0.15) is 0 Å². The number of aliphatic hydroxyl groups excluding tert-OH is 1. The van der Waals surface area contributed by atoms with Gasteiger partial charge in [-0.1, -0.05) is 24.3 Å².